The van der Waals surface area contributed by atoms with Gasteiger partial charge in [0.2, 0.25) is 0 Å². The number of amides is 2. The summed E-state index contributed by atoms with van der Waals surface area (Å²) in [7, 11) is 3.61. The smallest absolute Gasteiger partial charge is 0.321 e. The number of aryl methyl sites for hydroxylation is 1. The lowest BCUT2D eigenvalue weighted by Gasteiger charge is -2.18. The van der Waals surface area contributed by atoms with E-state index in [2.05, 4.69) is 10.4 Å². The van der Waals surface area contributed by atoms with Crippen LogP contribution in [-0.4, -0.2) is 40.9 Å². The molecule has 25 heavy (non-hydrogen) atoms. The van der Waals surface area contributed by atoms with Crippen LogP contribution in [0.5, 0.6) is 0 Å². The van der Waals surface area contributed by atoms with E-state index in [9.17, 15) is 4.79 Å². The van der Waals surface area contributed by atoms with Gasteiger partial charge in [0.05, 0.1) is 12.3 Å². The number of carbonyl (C=O) groups excluding carboxylic acids is 1. The Kier molecular flexibility index (Phi) is 5.38. The van der Waals surface area contributed by atoms with E-state index in [1.54, 1.807) is 7.11 Å². The van der Waals surface area contributed by atoms with E-state index in [4.69, 9.17) is 4.74 Å². The molecule has 134 valence electrons. The Balaban J connectivity index is 1.55. The van der Waals surface area contributed by atoms with Gasteiger partial charge in [-0.3, -0.25) is 4.68 Å². The van der Waals surface area contributed by atoms with Crippen LogP contribution >= 0.6 is 0 Å². The largest absolute Gasteiger partial charge is 0.377 e. The van der Waals surface area contributed by atoms with Crippen LogP contribution in [0.3, 0.4) is 0 Å². The molecule has 0 radical (unpaired) electrons. The molecule has 3 rings (SSSR count). The van der Waals surface area contributed by atoms with Crippen molar-refractivity contribution in [3.63, 3.8) is 0 Å². The fourth-order valence-electron chi connectivity index (χ4n) is 3.30. The number of aromatic nitrogens is 2. The van der Waals surface area contributed by atoms with Gasteiger partial charge in [0.25, 0.3) is 0 Å². The van der Waals surface area contributed by atoms with Crippen molar-refractivity contribution in [2.75, 3.05) is 25.5 Å². The Bertz CT molecular complexity index is 728. The second-order valence-electron chi connectivity index (χ2n) is 6.76. The van der Waals surface area contributed by atoms with E-state index in [0.717, 1.165) is 37.2 Å². The monoisotopic (exact) mass is 342 g/mol. The number of likely N-dealkylation sites (tertiary alicyclic amines) is 1. The topological polar surface area (TPSA) is 59.4 Å². The minimum absolute atomic E-state index is 0.00695. The van der Waals surface area contributed by atoms with E-state index in [1.807, 2.05) is 60.2 Å². The third-order valence-corrected chi connectivity index (χ3v) is 4.82. The van der Waals surface area contributed by atoms with Crippen molar-refractivity contribution in [3.05, 3.63) is 47.8 Å². The fraction of sp³-hybridized carbons (Fsp3) is 0.474. The second-order valence-corrected chi connectivity index (χ2v) is 6.76. The number of hydrogen-bond donors (Lipinski definition) is 1. The third kappa shape index (κ3) is 4.39. The van der Waals surface area contributed by atoms with Gasteiger partial charge < -0.3 is 15.0 Å². The summed E-state index contributed by atoms with van der Waals surface area (Å²) in [4.78, 5) is 14.4. The van der Waals surface area contributed by atoms with Gasteiger partial charge in [0.15, 0.2) is 0 Å². The van der Waals surface area contributed by atoms with Crippen LogP contribution in [0.4, 0.5) is 10.5 Å². The maximum Gasteiger partial charge on any atom is 0.321 e. The number of methoxy groups -OCH3 is 1. The maximum atomic E-state index is 12.5. The molecular formula is C19H26N4O2. The Labute approximate surface area is 148 Å². The third-order valence-electron chi connectivity index (χ3n) is 4.82. The summed E-state index contributed by atoms with van der Waals surface area (Å²) < 4.78 is 7.16. The maximum absolute atomic E-state index is 12.5. The Hall–Kier alpha value is -2.34. The summed E-state index contributed by atoms with van der Waals surface area (Å²) in [5, 5.41) is 7.22. The zero-order chi connectivity index (χ0) is 17.8. The molecule has 1 fully saturated rings. The molecular weight excluding hydrogens is 316 g/mol. The first-order valence-electron chi connectivity index (χ1n) is 8.71. The number of hydrogen-bond acceptors (Lipinski definition) is 3. The van der Waals surface area contributed by atoms with E-state index in [1.165, 1.54) is 5.56 Å². The standard InChI is InChI=1S/C19H26N4O2/c1-14(25-3)17-5-4-6-18(10-17)21-19(24)23-8-7-15(13-23)9-16-11-20-22(2)12-16/h4-6,10-12,14-15H,7-9,13H2,1-3H3,(H,21,24)/t14-,15+/m1/s1. The molecule has 2 heterocycles. The normalized spacial score (nSPS) is 18.4. The molecule has 0 aliphatic carbocycles. The summed E-state index contributed by atoms with van der Waals surface area (Å²) in [5.74, 6) is 0.495. The quantitative estimate of drug-likeness (QED) is 0.907. The van der Waals surface area contributed by atoms with Gasteiger partial charge >= 0.3 is 6.03 Å². The van der Waals surface area contributed by atoms with Crippen molar-refractivity contribution in [2.45, 2.75) is 25.9 Å². The number of nitrogens with one attached hydrogen (secondary N) is 1. The zero-order valence-electron chi connectivity index (χ0n) is 15.1. The summed E-state index contributed by atoms with van der Waals surface area (Å²) in [6, 6.07) is 7.79. The van der Waals surface area contributed by atoms with Crippen LogP contribution < -0.4 is 5.32 Å². The van der Waals surface area contributed by atoms with Gasteiger partial charge in [0.1, 0.15) is 0 Å². The highest BCUT2D eigenvalue weighted by Crippen LogP contribution is 2.23. The number of rotatable bonds is 5. The van der Waals surface area contributed by atoms with Crippen molar-refractivity contribution in [1.29, 1.82) is 0 Å². The molecule has 1 aliphatic rings. The predicted molar refractivity (Wildman–Crippen MR) is 97.5 cm³/mol. The van der Waals surface area contributed by atoms with Crippen LogP contribution in [0.2, 0.25) is 0 Å². The second kappa shape index (κ2) is 7.70. The number of ether oxygens (including phenoxy) is 1. The Morgan fingerprint density at radius 1 is 1.48 bits per heavy atom. The molecule has 6 nitrogen and oxygen atoms in total. The lowest BCUT2D eigenvalue weighted by atomic mass is 10.0. The van der Waals surface area contributed by atoms with Crippen LogP contribution in [0.15, 0.2) is 36.7 Å². The van der Waals surface area contributed by atoms with E-state index in [0.29, 0.717) is 5.92 Å². The highest BCUT2D eigenvalue weighted by molar-refractivity contribution is 5.89. The van der Waals surface area contributed by atoms with Gasteiger partial charge in [-0.15, -0.1) is 0 Å². The molecule has 1 aromatic carbocycles. The van der Waals surface area contributed by atoms with Crippen molar-refractivity contribution in [3.8, 4) is 0 Å². The number of carbonyl (C=O) groups is 1. The Morgan fingerprint density at radius 3 is 3.04 bits per heavy atom. The summed E-state index contributed by atoms with van der Waals surface area (Å²) >= 11 is 0. The first-order valence-corrected chi connectivity index (χ1v) is 8.71. The van der Waals surface area contributed by atoms with Crippen LogP contribution in [-0.2, 0) is 18.2 Å². The number of nitrogens with zero attached hydrogens (tertiary/aromatic N) is 3. The number of benzene rings is 1. The average molecular weight is 342 g/mol. The van der Waals surface area contributed by atoms with Crippen molar-refractivity contribution in [2.24, 2.45) is 13.0 Å². The molecule has 0 bridgehead atoms. The van der Waals surface area contributed by atoms with Crippen LogP contribution in [0, 0.1) is 5.92 Å². The van der Waals surface area contributed by atoms with Crippen LogP contribution in [0.1, 0.15) is 30.6 Å². The fourth-order valence-corrected chi connectivity index (χ4v) is 3.30. The average Bonchev–Trinajstić information content (AvgIpc) is 3.24. The minimum atomic E-state index is -0.0316. The predicted octanol–water partition coefficient (Wildman–Crippen LogP) is 3.22. The van der Waals surface area contributed by atoms with Gasteiger partial charge in [0, 0.05) is 39.1 Å². The minimum Gasteiger partial charge on any atom is -0.377 e. The van der Waals surface area contributed by atoms with E-state index < -0.39 is 0 Å². The molecule has 1 aromatic heterocycles. The van der Waals surface area contributed by atoms with E-state index >= 15 is 0 Å². The lowest BCUT2D eigenvalue weighted by Crippen LogP contribution is -2.33. The van der Waals surface area contributed by atoms with Crippen molar-refractivity contribution >= 4 is 11.7 Å². The van der Waals surface area contributed by atoms with Crippen molar-refractivity contribution < 1.29 is 9.53 Å². The molecule has 2 amide bonds. The van der Waals surface area contributed by atoms with Gasteiger partial charge in [-0.2, -0.15) is 5.10 Å². The molecule has 0 unspecified atom stereocenters. The summed E-state index contributed by atoms with van der Waals surface area (Å²) in [5.41, 5.74) is 3.09. The number of urea groups is 1. The first-order chi connectivity index (χ1) is 12.0. The highest BCUT2D eigenvalue weighted by atomic mass is 16.5. The molecule has 1 aliphatic heterocycles. The van der Waals surface area contributed by atoms with E-state index in [-0.39, 0.29) is 12.1 Å². The highest BCUT2D eigenvalue weighted by Gasteiger charge is 2.26. The van der Waals surface area contributed by atoms with Crippen LogP contribution in [0.25, 0.3) is 0 Å². The SMILES string of the molecule is CO[C@H](C)c1cccc(NC(=O)N2CC[C@@H](Cc3cnn(C)c3)C2)c1. The molecule has 2 atom stereocenters. The van der Waals surface area contributed by atoms with Gasteiger partial charge in [-0.1, -0.05) is 12.1 Å². The molecule has 0 spiro atoms. The Morgan fingerprint density at radius 2 is 2.32 bits per heavy atom. The zero-order valence-corrected chi connectivity index (χ0v) is 15.1. The van der Waals surface area contributed by atoms with Gasteiger partial charge in [-0.05, 0) is 48.9 Å². The molecule has 2 aromatic rings. The first kappa shape index (κ1) is 17.5. The molecule has 0 saturated carbocycles. The lowest BCUT2D eigenvalue weighted by molar-refractivity contribution is 0.119. The molecule has 1 saturated heterocycles. The molecule has 6 heteroatoms. The number of anilines is 1. The summed E-state index contributed by atoms with van der Waals surface area (Å²) in [6.45, 7) is 3.57. The van der Waals surface area contributed by atoms with Crippen molar-refractivity contribution in [1.82, 2.24) is 14.7 Å². The molecule has 1 N–H and O–H groups in total. The van der Waals surface area contributed by atoms with Gasteiger partial charge in [-0.25, -0.2) is 4.79 Å². The summed E-state index contributed by atoms with van der Waals surface area (Å²) in [6.07, 6.45) is 5.96.